The van der Waals surface area contributed by atoms with Crippen molar-refractivity contribution >= 4 is 0 Å². The molecule has 1 heterocycles. The fourth-order valence-corrected chi connectivity index (χ4v) is 1.90. The van der Waals surface area contributed by atoms with Crippen LogP contribution in [0.2, 0.25) is 0 Å². The molecular weight excluding hydrogens is 258 g/mol. The quantitative estimate of drug-likeness (QED) is 0.837. The molecule has 1 aromatic carbocycles. The zero-order valence-corrected chi connectivity index (χ0v) is 11.9. The minimum absolute atomic E-state index is 0.245. The van der Waals surface area contributed by atoms with Crippen molar-refractivity contribution < 1.29 is 14.0 Å². The fourth-order valence-electron chi connectivity index (χ4n) is 1.90. The van der Waals surface area contributed by atoms with Crippen molar-refractivity contribution in [3.05, 3.63) is 36.0 Å². The van der Waals surface area contributed by atoms with Gasteiger partial charge in [-0.15, -0.1) is 0 Å². The summed E-state index contributed by atoms with van der Waals surface area (Å²) in [5.41, 5.74) is 1.15. The minimum Gasteiger partial charge on any atom is -0.493 e. The van der Waals surface area contributed by atoms with Crippen molar-refractivity contribution in [2.45, 2.75) is 26.5 Å². The molecule has 1 aromatic heterocycles. The maximum absolute atomic E-state index is 5.64. The highest BCUT2D eigenvalue weighted by molar-refractivity contribution is 5.43. The van der Waals surface area contributed by atoms with Gasteiger partial charge in [0, 0.05) is 6.04 Å². The van der Waals surface area contributed by atoms with Gasteiger partial charge >= 0.3 is 0 Å². The van der Waals surface area contributed by atoms with Crippen molar-refractivity contribution in [3.8, 4) is 11.5 Å². The number of aromatic nitrogens is 2. The summed E-state index contributed by atoms with van der Waals surface area (Å²) < 4.78 is 15.7. The van der Waals surface area contributed by atoms with Crippen LogP contribution in [0.3, 0.4) is 0 Å². The molecule has 0 aliphatic rings. The van der Waals surface area contributed by atoms with E-state index in [9.17, 15) is 0 Å². The van der Waals surface area contributed by atoms with Crippen molar-refractivity contribution in [2.24, 2.45) is 0 Å². The lowest BCUT2D eigenvalue weighted by Gasteiger charge is -2.16. The van der Waals surface area contributed by atoms with Crippen LogP contribution in [-0.4, -0.2) is 23.8 Å². The summed E-state index contributed by atoms with van der Waals surface area (Å²) in [6, 6.07) is 6.14. The normalized spacial score (nSPS) is 12.2. The zero-order chi connectivity index (χ0) is 14.4. The average Bonchev–Trinajstić information content (AvgIpc) is 2.98. The molecule has 0 aliphatic carbocycles. The van der Waals surface area contributed by atoms with Gasteiger partial charge in [0.15, 0.2) is 18.1 Å². The SMILES string of the molecule is CCNC(C)c1ccc(OCc2ncon2)c(OC)c1. The number of nitrogens with one attached hydrogen (secondary N) is 1. The lowest BCUT2D eigenvalue weighted by Crippen LogP contribution is -2.17. The molecule has 1 atom stereocenters. The second kappa shape index (κ2) is 6.91. The number of ether oxygens (including phenoxy) is 2. The summed E-state index contributed by atoms with van der Waals surface area (Å²) in [5.74, 6) is 1.85. The van der Waals surface area contributed by atoms with Crippen LogP contribution in [-0.2, 0) is 6.61 Å². The lowest BCUT2D eigenvalue weighted by molar-refractivity contribution is 0.269. The maximum Gasteiger partial charge on any atom is 0.213 e. The largest absolute Gasteiger partial charge is 0.493 e. The van der Waals surface area contributed by atoms with Crippen LogP contribution in [0.5, 0.6) is 11.5 Å². The first-order valence-corrected chi connectivity index (χ1v) is 6.54. The van der Waals surface area contributed by atoms with Crippen LogP contribution in [0.15, 0.2) is 29.1 Å². The zero-order valence-electron chi connectivity index (χ0n) is 11.9. The van der Waals surface area contributed by atoms with Crippen LogP contribution >= 0.6 is 0 Å². The fraction of sp³-hybridized carbons (Fsp3) is 0.429. The Hall–Kier alpha value is -2.08. The number of nitrogens with zero attached hydrogens (tertiary/aromatic N) is 2. The number of rotatable bonds is 7. The Morgan fingerprint density at radius 2 is 2.20 bits per heavy atom. The molecule has 20 heavy (non-hydrogen) atoms. The van der Waals surface area contributed by atoms with Gasteiger partial charge in [0.1, 0.15) is 0 Å². The predicted molar refractivity (Wildman–Crippen MR) is 73.7 cm³/mol. The first-order chi connectivity index (χ1) is 9.74. The van der Waals surface area contributed by atoms with Gasteiger partial charge in [0.2, 0.25) is 12.2 Å². The molecule has 6 nitrogen and oxygen atoms in total. The molecule has 1 N–H and O–H groups in total. The van der Waals surface area contributed by atoms with E-state index in [0.717, 1.165) is 12.1 Å². The van der Waals surface area contributed by atoms with E-state index in [1.54, 1.807) is 7.11 Å². The molecular formula is C14H19N3O3. The van der Waals surface area contributed by atoms with Gasteiger partial charge in [0.05, 0.1) is 7.11 Å². The number of hydrogen-bond donors (Lipinski definition) is 1. The van der Waals surface area contributed by atoms with Gasteiger partial charge in [-0.3, -0.25) is 0 Å². The van der Waals surface area contributed by atoms with E-state index in [1.165, 1.54) is 6.39 Å². The highest BCUT2D eigenvalue weighted by Gasteiger charge is 2.10. The molecule has 2 aromatic rings. The summed E-state index contributed by atoms with van der Waals surface area (Å²) in [4.78, 5) is 3.90. The van der Waals surface area contributed by atoms with E-state index in [4.69, 9.17) is 9.47 Å². The van der Waals surface area contributed by atoms with E-state index in [2.05, 4.69) is 33.8 Å². The van der Waals surface area contributed by atoms with Gasteiger partial charge in [-0.2, -0.15) is 4.98 Å². The van der Waals surface area contributed by atoms with Gasteiger partial charge in [-0.05, 0) is 31.2 Å². The van der Waals surface area contributed by atoms with E-state index >= 15 is 0 Å². The van der Waals surface area contributed by atoms with E-state index in [1.807, 2.05) is 18.2 Å². The summed E-state index contributed by atoms with van der Waals surface area (Å²) in [6.07, 6.45) is 1.27. The molecule has 0 aliphatic heterocycles. The summed E-state index contributed by atoms with van der Waals surface area (Å²) >= 11 is 0. The van der Waals surface area contributed by atoms with Crippen LogP contribution in [0.4, 0.5) is 0 Å². The molecule has 1 unspecified atom stereocenters. The third-order valence-electron chi connectivity index (χ3n) is 2.96. The first-order valence-electron chi connectivity index (χ1n) is 6.54. The molecule has 0 bridgehead atoms. The van der Waals surface area contributed by atoms with Crippen molar-refractivity contribution in [1.29, 1.82) is 0 Å². The van der Waals surface area contributed by atoms with Crippen molar-refractivity contribution in [1.82, 2.24) is 15.5 Å². The summed E-state index contributed by atoms with van der Waals surface area (Å²) in [7, 11) is 1.62. The Bertz CT molecular complexity index is 528. The van der Waals surface area contributed by atoms with Crippen LogP contribution in [0, 0.1) is 0 Å². The summed E-state index contributed by atoms with van der Waals surface area (Å²) in [6.45, 7) is 5.35. The van der Waals surface area contributed by atoms with Crippen molar-refractivity contribution in [3.63, 3.8) is 0 Å². The molecule has 108 valence electrons. The topological polar surface area (TPSA) is 69.4 Å². The van der Waals surface area contributed by atoms with E-state index in [0.29, 0.717) is 17.3 Å². The smallest absolute Gasteiger partial charge is 0.213 e. The number of hydrogen-bond acceptors (Lipinski definition) is 6. The molecule has 0 amide bonds. The van der Waals surface area contributed by atoms with Crippen molar-refractivity contribution in [2.75, 3.05) is 13.7 Å². The van der Waals surface area contributed by atoms with Gasteiger partial charge in [-0.1, -0.05) is 18.1 Å². The molecule has 0 fully saturated rings. The van der Waals surface area contributed by atoms with E-state index < -0.39 is 0 Å². The van der Waals surface area contributed by atoms with Crippen LogP contribution < -0.4 is 14.8 Å². The highest BCUT2D eigenvalue weighted by Crippen LogP contribution is 2.30. The van der Waals surface area contributed by atoms with Gasteiger partial charge < -0.3 is 19.3 Å². The standard InChI is InChI=1S/C14H19N3O3/c1-4-15-10(2)11-5-6-12(13(7-11)18-3)19-8-14-16-9-20-17-14/h5-7,9-10,15H,4,8H2,1-3H3. The monoisotopic (exact) mass is 277 g/mol. The van der Waals surface area contributed by atoms with Gasteiger partial charge in [-0.25, -0.2) is 0 Å². The molecule has 2 rings (SSSR count). The Morgan fingerprint density at radius 1 is 1.35 bits per heavy atom. The molecule has 0 saturated carbocycles. The van der Waals surface area contributed by atoms with E-state index in [-0.39, 0.29) is 12.6 Å². The Labute approximate surface area is 118 Å². The van der Waals surface area contributed by atoms with Crippen LogP contribution in [0.25, 0.3) is 0 Å². The first kappa shape index (κ1) is 14.3. The molecule has 0 saturated heterocycles. The second-order valence-electron chi connectivity index (χ2n) is 4.33. The third kappa shape index (κ3) is 3.48. The third-order valence-corrected chi connectivity index (χ3v) is 2.96. The molecule has 6 heteroatoms. The molecule has 0 spiro atoms. The minimum atomic E-state index is 0.245. The lowest BCUT2D eigenvalue weighted by atomic mass is 10.1. The predicted octanol–water partition coefficient (Wildman–Crippen LogP) is 2.33. The Balaban J connectivity index is 2.09. The average molecular weight is 277 g/mol. The number of methoxy groups -OCH3 is 1. The number of benzene rings is 1. The Kier molecular flexibility index (Phi) is 4.95. The Morgan fingerprint density at radius 3 is 2.85 bits per heavy atom. The van der Waals surface area contributed by atoms with Crippen LogP contribution in [0.1, 0.15) is 31.3 Å². The highest BCUT2D eigenvalue weighted by atomic mass is 16.5. The molecule has 0 radical (unpaired) electrons. The summed E-state index contributed by atoms with van der Waals surface area (Å²) in [5, 5.41) is 7.05. The maximum atomic E-state index is 5.64. The second-order valence-corrected chi connectivity index (χ2v) is 4.33. The van der Waals surface area contributed by atoms with Gasteiger partial charge in [0.25, 0.3) is 0 Å².